The van der Waals surface area contributed by atoms with Crippen molar-refractivity contribution in [1.29, 1.82) is 0 Å². The first kappa shape index (κ1) is 27.3. The first-order valence-electron chi connectivity index (χ1n) is 6.83. The van der Waals surface area contributed by atoms with E-state index in [4.69, 9.17) is 0 Å². The van der Waals surface area contributed by atoms with Gasteiger partial charge in [0, 0.05) is 5.57 Å². The van der Waals surface area contributed by atoms with Crippen LogP contribution in [0.4, 0.5) is 57.1 Å². The summed E-state index contributed by atoms with van der Waals surface area (Å²) in [6, 6.07) is 0. The van der Waals surface area contributed by atoms with Crippen molar-refractivity contribution in [2.24, 2.45) is 0 Å². The maximum Gasteiger partial charge on any atom is 0.460 e. The van der Waals surface area contributed by atoms with E-state index in [2.05, 4.69) is 11.3 Å². The highest BCUT2D eigenvalue weighted by Crippen LogP contribution is 2.61. The quantitative estimate of drug-likeness (QED) is 0.326. The maximum absolute atomic E-state index is 13.8. The second-order valence-corrected chi connectivity index (χ2v) is 6.00. The van der Waals surface area contributed by atoms with Crippen LogP contribution in [0.15, 0.2) is 12.2 Å². The summed E-state index contributed by atoms with van der Waals surface area (Å²) in [5, 5.41) is 9.28. The van der Waals surface area contributed by atoms with Gasteiger partial charge in [-0.05, 0) is 13.8 Å². The number of aliphatic hydroxyl groups is 1. The Morgan fingerprint density at radius 3 is 1.38 bits per heavy atom. The standard InChI is InChI=1S/C13H11F13O3/c1-5(2)6(27)29-4-7(3,28)8(14,15)9(16,17)10(18,19)11(20,21)12(22,23)13(24,25)26/h28H,1,4H2,2-3H3. The van der Waals surface area contributed by atoms with E-state index in [1.165, 1.54) is 0 Å². The van der Waals surface area contributed by atoms with Crippen LogP contribution in [0.1, 0.15) is 13.8 Å². The van der Waals surface area contributed by atoms with Gasteiger partial charge in [-0.2, -0.15) is 57.1 Å². The molecule has 0 aliphatic carbocycles. The Morgan fingerprint density at radius 2 is 1.07 bits per heavy atom. The summed E-state index contributed by atoms with van der Waals surface area (Å²) in [5.74, 6) is -40.2. The smallest absolute Gasteiger partial charge is 0.459 e. The Bertz CT molecular complexity index is 649. The molecule has 3 nitrogen and oxygen atoms in total. The van der Waals surface area contributed by atoms with Crippen molar-refractivity contribution in [2.75, 3.05) is 6.61 Å². The van der Waals surface area contributed by atoms with E-state index in [0.717, 1.165) is 6.92 Å². The average Bonchev–Trinajstić information content (AvgIpc) is 2.50. The van der Waals surface area contributed by atoms with E-state index in [-0.39, 0.29) is 0 Å². The minimum atomic E-state index is -8.09. The zero-order chi connectivity index (χ0) is 24.1. The third-order valence-electron chi connectivity index (χ3n) is 3.44. The Kier molecular flexibility index (Phi) is 6.76. The average molecular weight is 462 g/mol. The molecular weight excluding hydrogens is 451 g/mol. The van der Waals surface area contributed by atoms with E-state index >= 15 is 0 Å². The summed E-state index contributed by atoms with van der Waals surface area (Å²) in [7, 11) is 0. The fraction of sp³-hybridized carbons (Fsp3) is 0.769. The van der Waals surface area contributed by atoms with Gasteiger partial charge in [0.05, 0.1) is 0 Å². The van der Waals surface area contributed by atoms with Crippen LogP contribution in [0.2, 0.25) is 0 Å². The summed E-state index contributed by atoms with van der Waals surface area (Å²) in [4.78, 5) is 11.0. The van der Waals surface area contributed by atoms with Crippen LogP contribution in [0, 0.1) is 0 Å². The van der Waals surface area contributed by atoms with Crippen molar-refractivity contribution >= 4 is 5.97 Å². The van der Waals surface area contributed by atoms with Crippen molar-refractivity contribution in [2.45, 2.75) is 55.2 Å². The zero-order valence-electron chi connectivity index (χ0n) is 14.1. The molecule has 0 aromatic carbocycles. The van der Waals surface area contributed by atoms with Crippen molar-refractivity contribution in [3.8, 4) is 0 Å². The lowest BCUT2D eigenvalue weighted by Crippen LogP contribution is -2.73. The minimum absolute atomic E-state index is 0.442. The SMILES string of the molecule is C=C(C)C(=O)OCC(C)(O)C(F)(F)C(F)(F)C(F)(F)C(F)(F)C(F)(F)C(F)(F)F. The molecule has 0 fully saturated rings. The third kappa shape index (κ3) is 3.99. The normalized spacial score (nSPS) is 17.0. The highest BCUT2D eigenvalue weighted by Gasteiger charge is 2.92. The summed E-state index contributed by atoms with van der Waals surface area (Å²) < 4.78 is 173. The van der Waals surface area contributed by atoms with Crippen LogP contribution in [-0.2, 0) is 9.53 Å². The van der Waals surface area contributed by atoms with Crippen LogP contribution in [0.5, 0.6) is 0 Å². The number of halogens is 13. The number of hydrogen-bond donors (Lipinski definition) is 1. The van der Waals surface area contributed by atoms with Gasteiger partial charge in [-0.3, -0.25) is 0 Å². The second-order valence-electron chi connectivity index (χ2n) is 6.00. The first-order valence-corrected chi connectivity index (χ1v) is 6.83. The van der Waals surface area contributed by atoms with Crippen molar-refractivity contribution < 1.29 is 71.7 Å². The predicted octanol–water partition coefficient (Wildman–Crippen LogP) is 4.60. The largest absolute Gasteiger partial charge is 0.460 e. The molecule has 0 spiro atoms. The maximum atomic E-state index is 13.8. The molecule has 0 saturated heterocycles. The lowest BCUT2D eigenvalue weighted by molar-refractivity contribution is -0.449. The molecule has 0 heterocycles. The number of carbonyl (C=O) groups excluding carboxylic acids is 1. The summed E-state index contributed by atoms with van der Waals surface area (Å²) in [6.07, 6.45) is -7.54. The van der Waals surface area contributed by atoms with Gasteiger partial charge in [-0.1, -0.05) is 6.58 Å². The van der Waals surface area contributed by atoms with Crippen LogP contribution in [0.25, 0.3) is 0 Å². The molecule has 1 unspecified atom stereocenters. The van der Waals surface area contributed by atoms with Gasteiger partial charge in [0.1, 0.15) is 6.61 Å². The molecule has 0 aliphatic rings. The third-order valence-corrected chi connectivity index (χ3v) is 3.44. The molecule has 29 heavy (non-hydrogen) atoms. The fourth-order valence-corrected chi connectivity index (χ4v) is 1.53. The predicted molar refractivity (Wildman–Crippen MR) is 67.2 cm³/mol. The Balaban J connectivity index is 6.28. The minimum Gasteiger partial charge on any atom is -0.459 e. The summed E-state index contributed by atoms with van der Waals surface area (Å²) >= 11 is 0. The van der Waals surface area contributed by atoms with Gasteiger partial charge in [0.2, 0.25) is 0 Å². The van der Waals surface area contributed by atoms with Gasteiger partial charge in [0.15, 0.2) is 5.60 Å². The van der Waals surface area contributed by atoms with Crippen molar-refractivity contribution in [3.05, 3.63) is 12.2 Å². The Hall–Kier alpha value is -1.74. The van der Waals surface area contributed by atoms with E-state index in [1.54, 1.807) is 0 Å². The number of esters is 1. The number of carbonyl (C=O) groups is 1. The van der Waals surface area contributed by atoms with Crippen LogP contribution in [-0.4, -0.2) is 59.1 Å². The molecule has 0 rings (SSSR count). The fourth-order valence-electron chi connectivity index (χ4n) is 1.53. The molecule has 172 valence electrons. The van der Waals surface area contributed by atoms with Crippen LogP contribution in [0.3, 0.4) is 0 Å². The second kappa shape index (κ2) is 7.19. The number of ether oxygens (including phenoxy) is 1. The molecule has 1 N–H and O–H groups in total. The first-order chi connectivity index (χ1) is 12.3. The molecule has 16 heteroatoms. The van der Waals surface area contributed by atoms with Gasteiger partial charge < -0.3 is 9.84 Å². The molecule has 0 radical (unpaired) electrons. The monoisotopic (exact) mass is 462 g/mol. The van der Waals surface area contributed by atoms with Crippen LogP contribution < -0.4 is 0 Å². The summed E-state index contributed by atoms with van der Waals surface area (Å²) in [6.45, 7) is 1.04. The molecule has 0 saturated carbocycles. The van der Waals surface area contributed by atoms with Crippen molar-refractivity contribution in [1.82, 2.24) is 0 Å². The highest BCUT2D eigenvalue weighted by molar-refractivity contribution is 5.86. The summed E-state index contributed by atoms with van der Waals surface area (Å²) in [5.41, 5.74) is -5.22. The highest BCUT2D eigenvalue weighted by atomic mass is 19.4. The van der Waals surface area contributed by atoms with E-state index < -0.39 is 66.5 Å². The molecule has 0 aromatic rings. The van der Waals surface area contributed by atoms with Gasteiger partial charge >= 0.3 is 41.8 Å². The number of hydrogen-bond acceptors (Lipinski definition) is 3. The Morgan fingerprint density at radius 1 is 0.759 bits per heavy atom. The molecule has 0 bridgehead atoms. The molecule has 0 aliphatic heterocycles. The van der Waals surface area contributed by atoms with Gasteiger partial charge in [-0.15, -0.1) is 0 Å². The molecule has 0 aromatic heterocycles. The lowest BCUT2D eigenvalue weighted by atomic mass is 9.86. The lowest BCUT2D eigenvalue weighted by Gasteiger charge is -2.43. The molecular formula is C13H11F13O3. The van der Waals surface area contributed by atoms with Crippen molar-refractivity contribution in [3.63, 3.8) is 0 Å². The van der Waals surface area contributed by atoms with Crippen LogP contribution >= 0.6 is 0 Å². The van der Waals surface area contributed by atoms with E-state index in [0.29, 0.717) is 0 Å². The number of rotatable bonds is 8. The zero-order valence-corrected chi connectivity index (χ0v) is 14.1. The molecule has 0 amide bonds. The topological polar surface area (TPSA) is 46.5 Å². The van der Waals surface area contributed by atoms with Gasteiger partial charge in [-0.25, -0.2) is 4.79 Å². The Labute approximate surface area is 153 Å². The number of alkyl halides is 13. The van der Waals surface area contributed by atoms with E-state index in [9.17, 15) is 67.0 Å². The van der Waals surface area contributed by atoms with E-state index in [1.807, 2.05) is 0 Å². The molecule has 1 atom stereocenters. The van der Waals surface area contributed by atoms with Gasteiger partial charge in [0.25, 0.3) is 0 Å².